The number of amides is 2. The molecule has 2 amide bonds. The number of nitrogens with zero attached hydrogens (tertiary/aromatic N) is 1. The van der Waals surface area contributed by atoms with Crippen LogP contribution in [-0.4, -0.2) is 61.1 Å². The molecular weight excluding hydrogens is 240 g/mol. The van der Waals surface area contributed by atoms with Crippen LogP contribution in [0.2, 0.25) is 0 Å². The first-order chi connectivity index (χ1) is 8.54. The van der Waals surface area contributed by atoms with Gasteiger partial charge in [0.05, 0.1) is 18.9 Å². The van der Waals surface area contributed by atoms with Crippen molar-refractivity contribution in [1.29, 1.82) is 0 Å². The second kappa shape index (κ2) is 6.95. The Labute approximate surface area is 105 Å². The SMILES string of the molecule is COCCN1C[C@@H](C(=O)NCCC(=O)O)CC1=O. The van der Waals surface area contributed by atoms with E-state index >= 15 is 0 Å². The summed E-state index contributed by atoms with van der Waals surface area (Å²) < 4.78 is 4.88. The molecule has 2 N–H and O–H groups in total. The van der Waals surface area contributed by atoms with E-state index in [-0.39, 0.29) is 37.1 Å². The number of nitrogens with one attached hydrogen (secondary N) is 1. The number of likely N-dealkylation sites (tertiary alicyclic amines) is 1. The minimum atomic E-state index is -0.959. The molecule has 0 unspecified atom stereocenters. The number of methoxy groups -OCH3 is 1. The van der Waals surface area contributed by atoms with Gasteiger partial charge in [-0.2, -0.15) is 0 Å². The number of ether oxygens (including phenoxy) is 1. The highest BCUT2D eigenvalue weighted by Crippen LogP contribution is 2.17. The lowest BCUT2D eigenvalue weighted by Gasteiger charge is -2.15. The predicted molar refractivity (Wildman–Crippen MR) is 61.8 cm³/mol. The minimum Gasteiger partial charge on any atom is -0.481 e. The van der Waals surface area contributed by atoms with Crippen LogP contribution in [0.3, 0.4) is 0 Å². The number of hydrogen-bond donors (Lipinski definition) is 2. The Hall–Kier alpha value is -1.63. The fourth-order valence-electron chi connectivity index (χ4n) is 1.80. The average molecular weight is 258 g/mol. The molecule has 102 valence electrons. The number of hydrogen-bond acceptors (Lipinski definition) is 4. The molecule has 7 nitrogen and oxygen atoms in total. The lowest BCUT2D eigenvalue weighted by molar-refractivity contribution is -0.137. The molecule has 1 rings (SSSR count). The molecule has 7 heteroatoms. The summed E-state index contributed by atoms with van der Waals surface area (Å²) in [5.74, 6) is -1.67. The van der Waals surface area contributed by atoms with Crippen LogP contribution in [0.15, 0.2) is 0 Å². The van der Waals surface area contributed by atoms with E-state index in [0.717, 1.165) is 0 Å². The average Bonchev–Trinajstić information content (AvgIpc) is 2.67. The third-order valence-corrected chi connectivity index (χ3v) is 2.79. The van der Waals surface area contributed by atoms with Crippen molar-refractivity contribution in [1.82, 2.24) is 10.2 Å². The van der Waals surface area contributed by atoms with Crippen LogP contribution in [0.5, 0.6) is 0 Å². The van der Waals surface area contributed by atoms with E-state index in [2.05, 4.69) is 5.32 Å². The molecule has 1 fully saturated rings. The van der Waals surface area contributed by atoms with Gasteiger partial charge in [-0.3, -0.25) is 14.4 Å². The monoisotopic (exact) mass is 258 g/mol. The maximum absolute atomic E-state index is 11.7. The molecule has 0 radical (unpaired) electrons. The van der Waals surface area contributed by atoms with Gasteiger partial charge in [0.15, 0.2) is 0 Å². The molecule has 0 aliphatic carbocycles. The third-order valence-electron chi connectivity index (χ3n) is 2.79. The highest BCUT2D eigenvalue weighted by Gasteiger charge is 2.33. The van der Waals surface area contributed by atoms with Gasteiger partial charge in [0.1, 0.15) is 0 Å². The maximum Gasteiger partial charge on any atom is 0.305 e. The smallest absolute Gasteiger partial charge is 0.305 e. The van der Waals surface area contributed by atoms with Crippen molar-refractivity contribution in [2.45, 2.75) is 12.8 Å². The molecule has 0 aromatic rings. The van der Waals surface area contributed by atoms with E-state index < -0.39 is 5.97 Å². The lowest BCUT2D eigenvalue weighted by Crippen LogP contribution is -2.34. The zero-order valence-electron chi connectivity index (χ0n) is 10.3. The zero-order chi connectivity index (χ0) is 13.5. The summed E-state index contributed by atoms with van der Waals surface area (Å²) in [5.41, 5.74) is 0. The third kappa shape index (κ3) is 4.33. The van der Waals surface area contributed by atoms with E-state index in [9.17, 15) is 14.4 Å². The van der Waals surface area contributed by atoms with Crippen LogP contribution in [-0.2, 0) is 19.1 Å². The summed E-state index contributed by atoms with van der Waals surface area (Å²) in [5, 5.41) is 11.0. The summed E-state index contributed by atoms with van der Waals surface area (Å²) in [6, 6.07) is 0. The minimum absolute atomic E-state index is 0.0644. The molecule has 1 atom stereocenters. The van der Waals surface area contributed by atoms with Crippen molar-refractivity contribution in [3.8, 4) is 0 Å². The first-order valence-corrected chi connectivity index (χ1v) is 5.80. The normalized spacial score (nSPS) is 19.1. The number of carboxylic acid groups (broad SMARTS) is 1. The molecule has 1 saturated heterocycles. The largest absolute Gasteiger partial charge is 0.481 e. The topological polar surface area (TPSA) is 95.9 Å². The van der Waals surface area contributed by atoms with Gasteiger partial charge in [0.2, 0.25) is 11.8 Å². The molecule has 18 heavy (non-hydrogen) atoms. The van der Waals surface area contributed by atoms with Gasteiger partial charge in [-0.1, -0.05) is 0 Å². The molecule has 0 aromatic heterocycles. The fraction of sp³-hybridized carbons (Fsp3) is 0.727. The van der Waals surface area contributed by atoms with E-state index in [1.165, 1.54) is 0 Å². The van der Waals surface area contributed by atoms with E-state index in [0.29, 0.717) is 19.7 Å². The van der Waals surface area contributed by atoms with Crippen molar-refractivity contribution in [2.75, 3.05) is 33.4 Å². The van der Waals surface area contributed by atoms with Crippen LogP contribution in [0.4, 0.5) is 0 Å². The van der Waals surface area contributed by atoms with Crippen LogP contribution in [0.1, 0.15) is 12.8 Å². The lowest BCUT2D eigenvalue weighted by atomic mass is 10.1. The summed E-state index contributed by atoms with van der Waals surface area (Å²) in [4.78, 5) is 35.1. The van der Waals surface area contributed by atoms with Crippen molar-refractivity contribution in [3.63, 3.8) is 0 Å². The molecule has 0 bridgehead atoms. The van der Waals surface area contributed by atoms with E-state index in [1.807, 2.05) is 0 Å². The van der Waals surface area contributed by atoms with Gasteiger partial charge in [0, 0.05) is 33.2 Å². The highest BCUT2D eigenvalue weighted by molar-refractivity contribution is 5.89. The molecule has 0 aromatic carbocycles. The molecule has 1 aliphatic heterocycles. The second-order valence-electron chi connectivity index (χ2n) is 4.17. The summed E-state index contributed by atoms with van der Waals surface area (Å²) in [6.45, 7) is 1.39. The Morgan fingerprint density at radius 2 is 2.28 bits per heavy atom. The van der Waals surface area contributed by atoms with E-state index in [1.54, 1.807) is 12.0 Å². The molecule has 0 saturated carbocycles. The van der Waals surface area contributed by atoms with Crippen molar-refractivity contribution >= 4 is 17.8 Å². The first kappa shape index (κ1) is 14.4. The quantitative estimate of drug-likeness (QED) is 0.615. The van der Waals surface area contributed by atoms with Crippen molar-refractivity contribution in [2.24, 2.45) is 5.92 Å². The van der Waals surface area contributed by atoms with Crippen LogP contribution < -0.4 is 5.32 Å². The Kier molecular flexibility index (Phi) is 5.57. The molecule has 1 aliphatic rings. The molecule has 0 spiro atoms. The van der Waals surface area contributed by atoms with Gasteiger partial charge in [0.25, 0.3) is 0 Å². The Bertz CT molecular complexity index is 331. The van der Waals surface area contributed by atoms with Gasteiger partial charge in [-0.25, -0.2) is 0 Å². The Balaban J connectivity index is 2.33. The van der Waals surface area contributed by atoms with Crippen LogP contribution in [0, 0.1) is 5.92 Å². The van der Waals surface area contributed by atoms with Gasteiger partial charge >= 0.3 is 5.97 Å². The summed E-state index contributed by atoms with van der Waals surface area (Å²) in [6.07, 6.45) is 0.0718. The van der Waals surface area contributed by atoms with Gasteiger partial charge < -0.3 is 20.1 Å². The number of carboxylic acids is 1. The molecular formula is C11H18N2O5. The highest BCUT2D eigenvalue weighted by atomic mass is 16.5. The first-order valence-electron chi connectivity index (χ1n) is 5.80. The van der Waals surface area contributed by atoms with Crippen LogP contribution in [0.25, 0.3) is 0 Å². The Morgan fingerprint density at radius 1 is 1.56 bits per heavy atom. The second-order valence-corrected chi connectivity index (χ2v) is 4.17. The standard InChI is InChI=1S/C11H18N2O5/c1-18-5-4-13-7-8(6-9(13)14)11(17)12-3-2-10(15)16/h8H,2-7H2,1H3,(H,12,17)(H,15,16)/t8-/m0/s1. The number of aliphatic carboxylic acids is 1. The predicted octanol–water partition coefficient (Wildman–Crippen LogP) is -0.928. The fourth-order valence-corrected chi connectivity index (χ4v) is 1.80. The van der Waals surface area contributed by atoms with Crippen molar-refractivity contribution in [3.05, 3.63) is 0 Å². The summed E-state index contributed by atoms with van der Waals surface area (Å²) in [7, 11) is 1.55. The number of carbonyl (C=O) groups excluding carboxylic acids is 2. The van der Waals surface area contributed by atoms with E-state index in [4.69, 9.17) is 9.84 Å². The van der Waals surface area contributed by atoms with Gasteiger partial charge in [-0.05, 0) is 0 Å². The summed E-state index contributed by atoms with van der Waals surface area (Å²) >= 11 is 0. The number of carbonyl (C=O) groups is 3. The number of rotatable bonds is 7. The van der Waals surface area contributed by atoms with Gasteiger partial charge in [-0.15, -0.1) is 0 Å². The van der Waals surface area contributed by atoms with Crippen molar-refractivity contribution < 1.29 is 24.2 Å². The molecule has 1 heterocycles. The zero-order valence-corrected chi connectivity index (χ0v) is 10.3. The van der Waals surface area contributed by atoms with Crippen LogP contribution >= 0.6 is 0 Å². The Morgan fingerprint density at radius 3 is 2.89 bits per heavy atom. The maximum atomic E-state index is 11.7.